The monoisotopic (exact) mass is 238 g/mol. The van der Waals surface area contributed by atoms with Gasteiger partial charge in [0.05, 0.1) is 19.3 Å². The van der Waals surface area contributed by atoms with E-state index in [-0.39, 0.29) is 6.10 Å². The van der Waals surface area contributed by atoms with Crippen LogP contribution in [0.3, 0.4) is 0 Å². The normalized spacial score (nSPS) is 12.2. The largest absolute Gasteiger partial charge is 0.494 e. The molecule has 0 spiro atoms. The smallest absolute Gasteiger partial charge is 0.119 e. The zero-order valence-electron chi connectivity index (χ0n) is 10.7. The van der Waals surface area contributed by atoms with Gasteiger partial charge < -0.3 is 14.6 Å². The van der Waals surface area contributed by atoms with Gasteiger partial charge in [-0.3, -0.25) is 0 Å². The first-order valence-electron chi connectivity index (χ1n) is 6.30. The molecule has 0 fully saturated rings. The van der Waals surface area contributed by atoms with Crippen LogP contribution in [-0.4, -0.2) is 24.4 Å². The van der Waals surface area contributed by atoms with Crippen molar-refractivity contribution in [2.75, 3.05) is 13.2 Å². The van der Waals surface area contributed by atoms with Gasteiger partial charge >= 0.3 is 0 Å². The number of hydrogen-bond donors (Lipinski definition) is 1. The molecule has 0 aliphatic carbocycles. The minimum atomic E-state index is -0.195. The van der Waals surface area contributed by atoms with Crippen molar-refractivity contribution in [3.63, 3.8) is 0 Å². The van der Waals surface area contributed by atoms with Crippen LogP contribution in [0, 0.1) is 0 Å². The van der Waals surface area contributed by atoms with Crippen LogP contribution in [0.25, 0.3) is 0 Å². The lowest BCUT2D eigenvalue weighted by atomic mass is 10.1. The van der Waals surface area contributed by atoms with Gasteiger partial charge in [-0.15, -0.1) is 0 Å². The van der Waals surface area contributed by atoms with E-state index in [0.717, 1.165) is 30.8 Å². The number of ether oxygens (including phenoxy) is 2. The molecule has 0 radical (unpaired) electrons. The summed E-state index contributed by atoms with van der Waals surface area (Å²) in [5, 5.41) is 9.38. The molecule has 0 heterocycles. The number of rotatable bonds is 8. The Kier molecular flexibility index (Phi) is 6.48. The van der Waals surface area contributed by atoms with E-state index in [1.165, 1.54) is 0 Å². The van der Waals surface area contributed by atoms with E-state index < -0.39 is 0 Å². The minimum Gasteiger partial charge on any atom is -0.494 e. The summed E-state index contributed by atoms with van der Waals surface area (Å²) in [4.78, 5) is 0. The van der Waals surface area contributed by atoms with Crippen molar-refractivity contribution < 1.29 is 14.6 Å². The van der Waals surface area contributed by atoms with Crippen LogP contribution in [-0.2, 0) is 0 Å². The van der Waals surface area contributed by atoms with E-state index in [9.17, 15) is 5.11 Å². The molecule has 17 heavy (non-hydrogen) atoms. The van der Waals surface area contributed by atoms with Crippen molar-refractivity contribution in [3.05, 3.63) is 24.3 Å². The van der Waals surface area contributed by atoms with Crippen molar-refractivity contribution in [2.45, 2.75) is 39.2 Å². The van der Waals surface area contributed by atoms with Gasteiger partial charge in [-0.1, -0.05) is 6.92 Å². The topological polar surface area (TPSA) is 38.7 Å². The minimum absolute atomic E-state index is 0.195. The number of aliphatic hydroxyl groups excluding tert-OH is 1. The Morgan fingerprint density at radius 3 is 2.18 bits per heavy atom. The third kappa shape index (κ3) is 5.59. The summed E-state index contributed by atoms with van der Waals surface area (Å²) >= 11 is 0. The fraction of sp³-hybridized carbons (Fsp3) is 0.571. The number of aliphatic hydroxyl groups is 1. The molecule has 1 unspecified atom stereocenters. The second-order valence-corrected chi connectivity index (χ2v) is 3.96. The van der Waals surface area contributed by atoms with Crippen molar-refractivity contribution in [2.24, 2.45) is 0 Å². The van der Waals surface area contributed by atoms with E-state index in [2.05, 4.69) is 0 Å². The predicted octanol–water partition coefficient (Wildman–Crippen LogP) is 3.02. The van der Waals surface area contributed by atoms with Crippen LogP contribution in [0.1, 0.15) is 33.1 Å². The van der Waals surface area contributed by atoms with E-state index in [0.29, 0.717) is 13.2 Å². The number of benzene rings is 1. The molecule has 0 aliphatic rings. The Balaban J connectivity index is 2.23. The van der Waals surface area contributed by atoms with E-state index in [1.807, 2.05) is 38.1 Å². The van der Waals surface area contributed by atoms with Gasteiger partial charge in [-0.05, 0) is 50.5 Å². The summed E-state index contributed by atoms with van der Waals surface area (Å²) in [6, 6.07) is 7.61. The Hall–Kier alpha value is -1.22. The molecule has 0 aliphatic heterocycles. The van der Waals surface area contributed by atoms with Gasteiger partial charge in [-0.2, -0.15) is 0 Å². The molecule has 0 bridgehead atoms. The highest BCUT2D eigenvalue weighted by molar-refractivity contribution is 5.31. The average Bonchev–Trinajstić information content (AvgIpc) is 2.36. The lowest BCUT2D eigenvalue weighted by Crippen LogP contribution is -2.07. The summed E-state index contributed by atoms with van der Waals surface area (Å²) in [6.07, 6.45) is 2.29. The van der Waals surface area contributed by atoms with Crippen molar-refractivity contribution in [1.82, 2.24) is 0 Å². The molecule has 0 aromatic heterocycles. The van der Waals surface area contributed by atoms with Crippen LogP contribution in [0.2, 0.25) is 0 Å². The fourth-order valence-corrected chi connectivity index (χ4v) is 1.51. The Labute approximate surface area is 103 Å². The lowest BCUT2D eigenvalue weighted by molar-refractivity contribution is 0.149. The molecule has 1 N–H and O–H groups in total. The predicted molar refractivity (Wildman–Crippen MR) is 68.6 cm³/mol. The SMILES string of the molecule is CCOc1ccc(OCCCC(O)CC)cc1. The van der Waals surface area contributed by atoms with Crippen LogP contribution in [0.4, 0.5) is 0 Å². The summed E-state index contributed by atoms with van der Waals surface area (Å²) in [5.41, 5.74) is 0. The molecular formula is C14H22O3. The molecule has 1 aromatic rings. The third-order valence-corrected chi connectivity index (χ3v) is 2.56. The summed E-state index contributed by atoms with van der Waals surface area (Å²) < 4.78 is 10.9. The highest BCUT2D eigenvalue weighted by Crippen LogP contribution is 2.17. The average molecular weight is 238 g/mol. The third-order valence-electron chi connectivity index (χ3n) is 2.56. The molecule has 0 amide bonds. The molecular weight excluding hydrogens is 216 g/mol. The first-order valence-corrected chi connectivity index (χ1v) is 6.30. The highest BCUT2D eigenvalue weighted by atomic mass is 16.5. The van der Waals surface area contributed by atoms with Gasteiger partial charge in [0.25, 0.3) is 0 Å². The van der Waals surface area contributed by atoms with Gasteiger partial charge in [0.15, 0.2) is 0 Å². The van der Waals surface area contributed by atoms with Crippen LogP contribution in [0.15, 0.2) is 24.3 Å². The van der Waals surface area contributed by atoms with E-state index >= 15 is 0 Å². The summed E-state index contributed by atoms with van der Waals surface area (Å²) in [7, 11) is 0. The molecule has 0 saturated carbocycles. The molecule has 0 saturated heterocycles. The molecule has 1 aromatic carbocycles. The highest BCUT2D eigenvalue weighted by Gasteiger charge is 2.00. The van der Waals surface area contributed by atoms with Gasteiger partial charge in [0.2, 0.25) is 0 Å². The second kappa shape index (κ2) is 7.96. The summed E-state index contributed by atoms with van der Waals surface area (Å²) in [6.45, 7) is 5.27. The van der Waals surface area contributed by atoms with Gasteiger partial charge in [0.1, 0.15) is 11.5 Å². The van der Waals surface area contributed by atoms with Crippen LogP contribution >= 0.6 is 0 Å². The maximum atomic E-state index is 9.38. The van der Waals surface area contributed by atoms with E-state index in [4.69, 9.17) is 9.47 Å². The van der Waals surface area contributed by atoms with Crippen LogP contribution < -0.4 is 9.47 Å². The Morgan fingerprint density at radius 1 is 1.06 bits per heavy atom. The van der Waals surface area contributed by atoms with Gasteiger partial charge in [0, 0.05) is 0 Å². The zero-order chi connectivity index (χ0) is 12.5. The Bertz CT molecular complexity index is 295. The first kappa shape index (κ1) is 13.8. The molecule has 3 nitrogen and oxygen atoms in total. The molecule has 1 atom stereocenters. The summed E-state index contributed by atoms with van der Waals surface area (Å²) in [5.74, 6) is 1.71. The lowest BCUT2D eigenvalue weighted by Gasteiger charge is -2.09. The maximum Gasteiger partial charge on any atom is 0.119 e. The standard InChI is InChI=1S/C14H22O3/c1-3-12(15)6-5-11-17-14-9-7-13(8-10-14)16-4-2/h7-10,12,15H,3-6,11H2,1-2H3. The van der Waals surface area contributed by atoms with Crippen molar-refractivity contribution in [3.8, 4) is 11.5 Å². The molecule has 1 rings (SSSR count). The van der Waals surface area contributed by atoms with Crippen molar-refractivity contribution in [1.29, 1.82) is 0 Å². The van der Waals surface area contributed by atoms with Crippen molar-refractivity contribution >= 4 is 0 Å². The fourth-order valence-electron chi connectivity index (χ4n) is 1.51. The zero-order valence-corrected chi connectivity index (χ0v) is 10.7. The molecule has 96 valence electrons. The van der Waals surface area contributed by atoms with E-state index in [1.54, 1.807) is 0 Å². The Morgan fingerprint density at radius 2 is 1.65 bits per heavy atom. The quantitative estimate of drug-likeness (QED) is 0.707. The first-order chi connectivity index (χ1) is 8.26. The van der Waals surface area contributed by atoms with Gasteiger partial charge in [-0.25, -0.2) is 0 Å². The number of hydrogen-bond acceptors (Lipinski definition) is 3. The molecule has 3 heteroatoms. The maximum absolute atomic E-state index is 9.38. The second-order valence-electron chi connectivity index (χ2n) is 3.96. The van der Waals surface area contributed by atoms with Crippen LogP contribution in [0.5, 0.6) is 11.5 Å².